The summed E-state index contributed by atoms with van der Waals surface area (Å²) in [5, 5.41) is 12.7. The van der Waals surface area contributed by atoms with Gasteiger partial charge in [-0.3, -0.25) is 9.36 Å². The third kappa shape index (κ3) is 7.09. The van der Waals surface area contributed by atoms with Crippen molar-refractivity contribution >= 4 is 23.4 Å². The Morgan fingerprint density at radius 3 is 2.21 bits per heavy atom. The predicted octanol–water partition coefficient (Wildman–Crippen LogP) is 7.87. The number of anilines is 1. The van der Waals surface area contributed by atoms with Gasteiger partial charge in [0.1, 0.15) is 5.75 Å². The van der Waals surface area contributed by atoms with E-state index in [2.05, 4.69) is 86.5 Å². The van der Waals surface area contributed by atoms with Gasteiger partial charge < -0.3 is 10.1 Å². The molecule has 0 saturated heterocycles. The van der Waals surface area contributed by atoms with Gasteiger partial charge in [0, 0.05) is 16.9 Å². The van der Waals surface area contributed by atoms with Crippen LogP contribution < -0.4 is 10.1 Å². The maximum Gasteiger partial charge on any atom is 0.234 e. The van der Waals surface area contributed by atoms with Gasteiger partial charge in [-0.05, 0) is 72.2 Å². The minimum Gasteiger partial charge on any atom is -0.494 e. The number of nitrogens with zero attached hydrogens (tertiary/aromatic N) is 3. The number of carbonyl (C=O) groups is 1. The van der Waals surface area contributed by atoms with E-state index in [4.69, 9.17) is 4.74 Å². The molecule has 0 aliphatic carbocycles. The SMILES string of the molecule is CCOc1ccc(-n2c(SCC(=O)Nc3ccc(C(C)CC)cc3)nnc2-c2ccc(C(C)(C)C)cc2)cc1. The Balaban J connectivity index is 1.56. The first-order valence-electron chi connectivity index (χ1n) is 13.5. The maximum absolute atomic E-state index is 12.8. The van der Waals surface area contributed by atoms with E-state index in [9.17, 15) is 4.79 Å². The molecule has 204 valence electrons. The molecule has 3 aromatic carbocycles. The summed E-state index contributed by atoms with van der Waals surface area (Å²) in [4.78, 5) is 12.8. The minimum atomic E-state index is -0.0892. The lowest BCUT2D eigenvalue weighted by atomic mass is 9.87. The zero-order valence-electron chi connectivity index (χ0n) is 23.7. The smallest absolute Gasteiger partial charge is 0.234 e. The Hall–Kier alpha value is -3.58. The summed E-state index contributed by atoms with van der Waals surface area (Å²) in [7, 11) is 0. The number of ether oxygens (including phenoxy) is 1. The molecule has 1 atom stereocenters. The van der Waals surface area contributed by atoms with E-state index in [1.54, 1.807) is 0 Å². The summed E-state index contributed by atoms with van der Waals surface area (Å²) in [5.74, 6) is 2.15. The Kier molecular flexibility index (Phi) is 9.12. The van der Waals surface area contributed by atoms with Crippen LogP contribution in [0.1, 0.15) is 65.0 Å². The van der Waals surface area contributed by atoms with Crippen molar-refractivity contribution in [2.75, 3.05) is 17.7 Å². The normalized spacial score (nSPS) is 12.3. The van der Waals surface area contributed by atoms with E-state index in [1.165, 1.54) is 22.9 Å². The van der Waals surface area contributed by atoms with E-state index >= 15 is 0 Å². The molecule has 4 aromatic rings. The summed E-state index contributed by atoms with van der Waals surface area (Å²) < 4.78 is 7.63. The number of nitrogens with one attached hydrogen (secondary N) is 1. The Bertz CT molecular complexity index is 1370. The van der Waals surface area contributed by atoms with Gasteiger partial charge in [-0.15, -0.1) is 10.2 Å². The fraction of sp³-hybridized carbons (Fsp3) is 0.344. The molecular formula is C32H38N4O2S. The molecule has 1 N–H and O–H groups in total. The fourth-order valence-corrected chi connectivity index (χ4v) is 4.97. The molecule has 4 rings (SSSR count). The quantitative estimate of drug-likeness (QED) is 0.207. The van der Waals surface area contributed by atoms with Crippen molar-refractivity contribution in [1.29, 1.82) is 0 Å². The summed E-state index contributed by atoms with van der Waals surface area (Å²) in [5.41, 5.74) is 5.24. The topological polar surface area (TPSA) is 69.0 Å². The molecule has 0 saturated carbocycles. The molecule has 0 spiro atoms. The van der Waals surface area contributed by atoms with E-state index in [-0.39, 0.29) is 17.1 Å². The first kappa shape index (κ1) is 28.4. The van der Waals surface area contributed by atoms with Crippen molar-refractivity contribution in [2.24, 2.45) is 0 Å². The van der Waals surface area contributed by atoms with Crippen LogP contribution in [0.25, 0.3) is 17.1 Å². The molecule has 7 heteroatoms. The standard InChI is InChI=1S/C32H38N4O2S/c1-7-22(3)23-11-15-26(16-12-23)33-29(37)21-39-31-35-34-30(24-9-13-25(14-10-24)32(4,5)6)36(31)27-17-19-28(20-18-27)38-8-2/h9-20,22H,7-8,21H2,1-6H3,(H,33,37). The lowest BCUT2D eigenvalue weighted by Gasteiger charge is -2.19. The molecule has 0 fully saturated rings. The number of amides is 1. The van der Waals surface area contributed by atoms with E-state index < -0.39 is 0 Å². The van der Waals surface area contributed by atoms with Crippen molar-refractivity contribution < 1.29 is 9.53 Å². The second-order valence-electron chi connectivity index (χ2n) is 10.7. The van der Waals surface area contributed by atoms with Crippen LogP contribution in [-0.2, 0) is 10.2 Å². The summed E-state index contributed by atoms with van der Waals surface area (Å²) in [6.07, 6.45) is 1.08. The number of carbonyl (C=O) groups excluding carboxylic acids is 1. The molecule has 1 heterocycles. The van der Waals surface area contributed by atoms with Crippen molar-refractivity contribution in [3.8, 4) is 22.8 Å². The Morgan fingerprint density at radius 1 is 0.949 bits per heavy atom. The van der Waals surface area contributed by atoms with Gasteiger partial charge in [-0.25, -0.2) is 0 Å². The number of rotatable bonds is 10. The lowest BCUT2D eigenvalue weighted by Crippen LogP contribution is -2.14. The van der Waals surface area contributed by atoms with Crippen LogP contribution in [0, 0.1) is 0 Å². The van der Waals surface area contributed by atoms with E-state index in [0.717, 1.165) is 34.9 Å². The molecule has 1 aromatic heterocycles. The third-order valence-electron chi connectivity index (χ3n) is 6.76. The first-order valence-corrected chi connectivity index (χ1v) is 14.5. The first-order chi connectivity index (χ1) is 18.7. The monoisotopic (exact) mass is 542 g/mol. The summed E-state index contributed by atoms with van der Waals surface area (Å²) in [6.45, 7) is 13.5. The maximum atomic E-state index is 12.8. The van der Waals surface area contributed by atoms with Gasteiger partial charge in [-0.2, -0.15) is 0 Å². The highest BCUT2D eigenvalue weighted by molar-refractivity contribution is 7.99. The molecule has 0 aliphatic heterocycles. The number of thioether (sulfide) groups is 1. The zero-order valence-corrected chi connectivity index (χ0v) is 24.5. The summed E-state index contributed by atoms with van der Waals surface area (Å²) in [6, 6.07) is 24.4. The molecular weight excluding hydrogens is 504 g/mol. The van der Waals surface area contributed by atoms with Gasteiger partial charge >= 0.3 is 0 Å². The van der Waals surface area contributed by atoms with Crippen LogP contribution >= 0.6 is 11.8 Å². The van der Waals surface area contributed by atoms with Gasteiger partial charge in [0.15, 0.2) is 11.0 Å². The number of aromatic nitrogens is 3. The molecule has 6 nitrogen and oxygen atoms in total. The van der Waals surface area contributed by atoms with Gasteiger partial charge in [0.05, 0.1) is 12.4 Å². The average molecular weight is 543 g/mol. The predicted molar refractivity (Wildman–Crippen MR) is 161 cm³/mol. The van der Waals surface area contributed by atoms with Crippen molar-refractivity contribution in [2.45, 2.75) is 64.5 Å². The van der Waals surface area contributed by atoms with Crippen molar-refractivity contribution in [1.82, 2.24) is 14.8 Å². The lowest BCUT2D eigenvalue weighted by molar-refractivity contribution is -0.113. The van der Waals surface area contributed by atoms with Crippen LogP contribution in [0.3, 0.4) is 0 Å². The zero-order chi connectivity index (χ0) is 28.0. The van der Waals surface area contributed by atoms with Gasteiger partial charge in [-0.1, -0.05) is 82.8 Å². The summed E-state index contributed by atoms with van der Waals surface area (Å²) >= 11 is 1.36. The molecule has 1 unspecified atom stereocenters. The molecule has 39 heavy (non-hydrogen) atoms. The van der Waals surface area contributed by atoms with Crippen molar-refractivity contribution in [3.63, 3.8) is 0 Å². The highest BCUT2D eigenvalue weighted by atomic mass is 32.2. The van der Waals surface area contributed by atoms with Gasteiger partial charge in [0.2, 0.25) is 5.91 Å². The second kappa shape index (κ2) is 12.5. The average Bonchev–Trinajstić information content (AvgIpc) is 3.36. The van der Waals surface area contributed by atoms with Gasteiger partial charge in [0.25, 0.3) is 0 Å². The third-order valence-corrected chi connectivity index (χ3v) is 7.69. The largest absolute Gasteiger partial charge is 0.494 e. The molecule has 1 amide bonds. The fourth-order valence-electron chi connectivity index (χ4n) is 4.22. The second-order valence-corrected chi connectivity index (χ2v) is 11.6. The number of benzene rings is 3. The van der Waals surface area contributed by atoms with Crippen LogP contribution in [0.5, 0.6) is 5.75 Å². The highest BCUT2D eigenvalue weighted by Crippen LogP contribution is 2.31. The number of hydrogen-bond donors (Lipinski definition) is 1. The molecule has 0 aliphatic rings. The molecule has 0 bridgehead atoms. The van der Waals surface area contributed by atoms with Crippen LogP contribution in [0.2, 0.25) is 0 Å². The Morgan fingerprint density at radius 2 is 1.62 bits per heavy atom. The molecule has 0 radical (unpaired) electrons. The Labute approximate surface area is 236 Å². The van der Waals surface area contributed by atoms with Crippen LogP contribution in [0.15, 0.2) is 78.0 Å². The van der Waals surface area contributed by atoms with E-state index in [0.29, 0.717) is 17.7 Å². The highest BCUT2D eigenvalue weighted by Gasteiger charge is 2.19. The van der Waals surface area contributed by atoms with Crippen molar-refractivity contribution in [3.05, 3.63) is 83.9 Å². The minimum absolute atomic E-state index is 0.0598. The van der Waals surface area contributed by atoms with Crippen LogP contribution in [0.4, 0.5) is 5.69 Å². The van der Waals surface area contributed by atoms with E-state index in [1.807, 2.05) is 47.9 Å². The van der Waals surface area contributed by atoms with Crippen LogP contribution in [-0.4, -0.2) is 33.0 Å². The number of hydrogen-bond acceptors (Lipinski definition) is 5.